The van der Waals surface area contributed by atoms with Gasteiger partial charge in [-0.25, -0.2) is 4.79 Å². The Bertz CT molecular complexity index is 803. The van der Waals surface area contributed by atoms with Gasteiger partial charge in [0.05, 0.1) is 20.8 Å². The predicted octanol–water partition coefficient (Wildman–Crippen LogP) is 2.73. The molecule has 0 unspecified atom stereocenters. The van der Waals surface area contributed by atoms with Crippen LogP contribution in [0, 0.1) is 0 Å². The van der Waals surface area contributed by atoms with Crippen molar-refractivity contribution in [2.75, 3.05) is 20.8 Å². The monoisotopic (exact) mass is 359 g/mol. The Morgan fingerprint density at radius 2 is 1.69 bits per heavy atom. The first-order valence-corrected chi connectivity index (χ1v) is 7.99. The van der Waals surface area contributed by atoms with Gasteiger partial charge in [-0.3, -0.25) is 4.79 Å². The third kappa shape index (κ3) is 4.44. The smallest absolute Gasteiger partial charge is 0.339 e. The van der Waals surface area contributed by atoms with Crippen molar-refractivity contribution < 1.29 is 28.9 Å². The van der Waals surface area contributed by atoms with Crippen LogP contribution in [0.1, 0.15) is 33.2 Å². The molecule has 7 nitrogen and oxygen atoms in total. The molecule has 0 saturated carbocycles. The number of carbonyl (C=O) groups excluding carboxylic acids is 1. The van der Waals surface area contributed by atoms with Gasteiger partial charge in [0.2, 0.25) is 0 Å². The lowest BCUT2D eigenvalue weighted by atomic mass is 10.1. The second-order valence-corrected chi connectivity index (χ2v) is 5.32. The number of hydrogen-bond acceptors (Lipinski definition) is 5. The summed E-state index contributed by atoms with van der Waals surface area (Å²) >= 11 is 0. The summed E-state index contributed by atoms with van der Waals surface area (Å²) in [5.41, 5.74) is 1.11. The van der Waals surface area contributed by atoms with Crippen molar-refractivity contribution in [3.63, 3.8) is 0 Å². The number of carboxylic acid groups (broad SMARTS) is 1. The van der Waals surface area contributed by atoms with Gasteiger partial charge >= 0.3 is 5.97 Å². The van der Waals surface area contributed by atoms with Crippen molar-refractivity contribution in [1.29, 1.82) is 0 Å². The highest BCUT2D eigenvalue weighted by molar-refractivity contribution is 5.95. The molecule has 2 aromatic rings. The van der Waals surface area contributed by atoms with Gasteiger partial charge < -0.3 is 24.6 Å². The van der Waals surface area contributed by atoms with E-state index in [2.05, 4.69) is 5.32 Å². The molecule has 0 spiro atoms. The number of ether oxygens (including phenoxy) is 3. The highest BCUT2D eigenvalue weighted by Gasteiger charge is 2.14. The molecule has 0 aromatic heterocycles. The number of aromatic carboxylic acids is 1. The molecule has 138 valence electrons. The van der Waals surface area contributed by atoms with Crippen LogP contribution >= 0.6 is 0 Å². The number of amides is 1. The molecule has 0 bridgehead atoms. The molecule has 2 rings (SSSR count). The Labute approximate surface area is 151 Å². The topological polar surface area (TPSA) is 94.1 Å². The average molecular weight is 359 g/mol. The lowest BCUT2D eigenvalue weighted by Gasteiger charge is -2.12. The Morgan fingerprint density at radius 1 is 1.00 bits per heavy atom. The average Bonchev–Trinajstić information content (AvgIpc) is 2.66. The first-order valence-electron chi connectivity index (χ1n) is 7.99. The molecule has 0 radical (unpaired) electrons. The van der Waals surface area contributed by atoms with E-state index < -0.39 is 5.97 Å². The number of benzene rings is 2. The number of carboxylic acids is 1. The molecule has 1 amide bonds. The first kappa shape index (κ1) is 19.1. The zero-order valence-corrected chi connectivity index (χ0v) is 14.9. The van der Waals surface area contributed by atoms with Gasteiger partial charge in [0.1, 0.15) is 11.3 Å². The van der Waals surface area contributed by atoms with Gasteiger partial charge in [-0.1, -0.05) is 6.07 Å². The summed E-state index contributed by atoms with van der Waals surface area (Å²) in [5, 5.41) is 12.0. The molecule has 2 aromatic carbocycles. The summed E-state index contributed by atoms with van der Waals surface area (Å²) in [6, 6.07) is 9.63. The van der Waals surface area contributed by atoms with Crippen LogP contribution in [0.15, 0.2) is 36.4 Å². The van der Waals surface area contributed by atoms with Gasteiger partial charge in [0.15, 0.2) is 11.5 Å². The number of rotatable bonds is 8. The van der Waals surface area contributed by atoms with Crippen molar-refractivity contribution >= 4 is 11.9 Å². The van der Waals surface area contributed by atoms with Crippen LogP contribution in [0.2, 0.25) is 0 Å². The summed E-state index contributed by atoms with van der Waals surface area (Å²) in [6.45, 7) is 2.47. The normalized spacial score (nSPS) is 10.1. The summed E-state index contributed by atoms with van der Waals surface area (Å²) in [7, 11) is 2.93. The number of carbonyl (C=O) groups is 2. The van der Waals surface area contributed by atoms with E-state index in [1.807, 2.05) is 6.92 Å². The maximum Gasteiger partial charge on any atom is 0.339 e. The van der Waals surface area contributed by atoms with E-state index in [0.717, 1.165) is 0 Å². The fourth-order valence-electron chi connectivity index (χ4n) is 2.40. The molecule has 0 fully saturated rings. The van der Waals surface area contributed by atoms with Gasteiger partial charge in [-0.05, 0) is 42.8 Å². The van der Waals surface area contributed by atoms with Crippen molar-refractivity contribution in [1.82, 2.24) is 5.32 Å². The van der Waals surface area contributed by atoms with E-state index in [-0.39, 0.29) is 23.8 Å². The SMILES string of the molecule is CCOc1cc(C(=O)NCc2ccc(OC)c(C(=O)O)c2)ccc1OC. The molecule has 0 atom stereocenters. The van der Waals surface area contributed by atoms with Crippen LogP contribution in [-0.4, -0.2) is 37.8 Å². The van der Waals surface area contributed by atoms with Crippen molar-refractivity contribution in [3.05, 3.63) is 53.1 Å². The Kier molecular flexibility index (Phi) is 6.43. The minimum atomic E-state index is -1.09. The quantitative estimate of drug-likeness (QED) is 0.753. The van der Waals surface area contributed by atoms with E-state index in [0.29, 0.717) is 29.2 Å². The highest BCUT2D eigenvalue weighted by Crippen LogP contribution is 2.28. The van der Waals surface area contributed by atoms with E-state index in [4.69, 9.17) is 14.2 Å². The minimum Gasteiger partial charge on any atom is -0.496 e. The summed E-state index contributed by atoms with van der Waals surface area (Å²) < 4.78 is 15.7. The van der Waals surface area contributed by atoms with Crippen LogP contribution in [0.4, 0.5) is 0 Å². The summed E-state index contributed by atoms with van der Waals surface area (Å²) in [4.78, 5) is 23.6. The Balaban J connectivity index is 2.12. The van der Waals surface area contributed by atoms with Crippen LogP contribution in [-0.2, 0) is 6.54 Å². The summed E-state index contributed by atoms with van der Waals surface area (Å²) in [6.07, 6.45) is 0. The number of methoxy groups -OCH3 is 2. The maximum atomic E-state index is 12.4. The Morgan fingerprint density at radius 3 is 2.31 bits per heavy atom. The van der Waals surface area contributed by atoms with E-state index >= 15 is 0 Å². The molecule has 26 heavy (non-hydrogen) atoms. The second kappa shape index (κ2) is 8.75. The first-order chi connectivity index (χ1) is 12.5. The standard InChI is InChI=1S/C19H21NO6/c1-4-26-17-10-13(6-8-16(17)25-3)18(21)20-11-12-5-7-15(24-2)14(9-12)19(22)23/h5-10H,4,11H2,1-3H3,(H,20,21)(H,22,23). The van der Waals surface area contributed by atoms with Crippen molar-refractivity contribution in [3.8, 4) is 17.2 Å². The van der Waals surface area contributed by atoms with E-state index in [1.54, 1.807) is 30.3 Å². The molecule has 0 saturated heterocycles. The van der Waals surface area contributed by atoms with Gasteiger partial charge in [0.25, 0.3) is 5.91 Å². The number of nitrogens with one attached hydrogen (secondary N) is 1. The molecular formula is C19H21NO6. The van der Waals surface area contributed by atoms with Gasteiger partial charge in [-0.15, -0.1) is 0 Å². The zero-order chi connectivity index (χ0) is 19.1. The molecule has 0 aliphatic rings. The van der Waals surface area contributed by atoms with E-state index in [9.17, 15) is 14.7 Å². The second-order valence-electron chi connectivity index (χ2n) is 5.32. The van der Waals surface area contributed by atoms with Gasteiger partial charge in [0, 0.05) is 12.1 Å². The predicted molar refractivity (Wildman–Crippen MR) is 95.3 cm³/mol. The number of hydrogen-bond donors (Lipinski definition) is 2. The molecule has 0 aliphatic carbocycles. The van der Waals surface area contributed by atoms with Crippen molar-refractivity contribution in [2.45, 2.75) is 13.5 Å². The lowest BCUT2D eigenvalue weighted by Crippen LogP contribution is -2.23. The largest absolute Gasteiger partial charge is 0.496 e. The third-order valence-corrected chi connectivity index (χ3v) is 3.67. The van der Waals surface area contributed by atoms with Crippen LogP contribution in [0.3, 0.4) is 0 Å². The lowest BCUT2D eigenvalue weighted by molar-refractivity contribution is 0.0693. The Hall–Kier alpha value is -3.22. The fraction of sp³-hybridized carbons (Fsp3) is 0.263. The highest BCUT2D eigenvalue weighted by atomic mass is 16.5. The molecule has 2 N–H and O–H groups in total. The van der Waals surface area contributed by atoms with Gasteiger partial charge in [-0.2, -0.15) is 0 Å². The zero-order valence-electron chi connectivity index (χ0n) is 14.9. The van der Waals surface area contributed by atoms with Crippen LogP contribution < -0.4 is 19.5 Å². The summed E-state index contributed by atoms with van der Waals surface area (Å²) in [5.74, 6) is -0.0955. The fourth-order valence-corrected chi connectivity index (χ4v) is 2.40. The molecule has 0 heterocycles. The van der Waals surface area contributed by atoms with E-state index in [1.165, 1.54) is 20.3 Å². The third-order valence-electron chi connectivity index (χ3n) is 3.67. The van der Waals surface area contributed by atoms with Crippen molar-refractivity contribution in [2.24, 2.45) is 0 Å². The van der Waals surface area contributed by atoms with Crippen LogP contribution in [0.5, 0.6) is 17.2 Å². The molecule has 7 heteroatoms. The minimum absolute atomic E-state index is 0.0438. The molecule has 0 aliphatic heterocycles. The maximum absolute atomic E-state index is 12.4. The molecular weight excluding hydrogens is 338 g/mol. The van der Waals surface area contributed by atoms with Crippen LogP contribution in [0.25, 0.3) is 0 Å².